The lowest BCUT2D eigenvalue weighted by atomic mass is 10.0. The monoisotopic (exact) mass is 869 g/mol. The first kappa shape index (κ1) is 60.0. The van der Waals surface area contributed by atoms with Crippen molar-refractivity contribution < 1.29 is 0 Å². The van der Waals surface area contributed by atoms with Crippen molar-refractivity contribution in [1.82, 2.24) is 0 Å². The highest BCUT2D eigenvalue weighted by Gasteiger charge is 2.01. The Labute approximate surface area is 396 Å². The fourth-order valence-corrected chi connectivity index (χ4v) is 11.0. The molecule has 0 aliphatic heterocycles. The van der Waals surface area contributed by atoms with Crippen molar-refractivity contribution in [2.45, 2.75) is 398 Å². The molecule has 0 saturated heterocycles. The molecule has 0 unspecified atom stereocenters. The Bertz CT molecular complexity index is 485. The minimum atomic E-state index is 1.50. The molecule has 0 N–H and O–H groups in total. The SMILES string of the molecule is C1CCCCCCC1.C1CCCCCCCCCCC1.C1CCCCCCCCCCCCCCC1.C1CCCCCCCCCCCCCCCCCCCCCCCCC1. The van der Waals surface area contributed by atoms with E-state index in [1.54, 1.807) is 0 Å². The summed E-state index contributed by atoms with van der Waals surface area (Å²) in [6, 6.07) is 0. The number of hydrogen-bond acceptors (Lipinski definition) is 0. The van der Waals surface area contributed by atoms with Gasteiger partial charge in [-0.25, -0.2) is 0 Å². The molecule has 4 rings (SSSR count). The summed E-state index contributed by atoms with van der Waals surface area (Å²) >= 11 is 0. The van der Waals surface area contributed by atoms with Gasteiger partial charge in [0.1, 0.15) is 0 Å². The topological polar surface area (TPSA) is 0 Å². The Hall–Kier alpha value is 0. The van der Waals surface area contributed by atoms with Crippen molar-refractivity contribution in [2.24, 2.45) is 0 Å². The summed E-state index contributed by atoms with van der Waals surface area (Å²) in [7, 11) is 0. The zero-order chi connectivity index (χ0) is 43.8. The molecule has 0 heterocycles. The molecule has 0 spiro atoms. The summed E-state index contributed by atoms with van der Waals surface area (Å²) in [4.78, 5) is 0. The molecule has 0 atom stereocenters. The van der Waals surface area contributed by atoms with Crippen LogP contribution in [0.2, 0.25) is 0 Å². The largest absolute Gasteiger partial charge is 0.0533 e. The van der Waals surface area contributed by atoms with Crippen molar-refractivity contribution in [2.75, 3.05) is 0 Å². The van der Waals surface area contributed by atoms with Gasteiger partial charge in [0, 0.05) is 0 Å². The van der Waals surface area contributed by atoms with Gasteiger partial charge in [-0.3, -0.25) is 0 Å². The molecule has 0 aromatic heterocycles. The summed E-state index contributed by atoms with van der Waals surface area (Å²) < 4.78 is 0. The van der Waals surface area contributed by atoms with Gasteiger partial charge in [-0.15, -0.1) is 0 Å². The summed E-state index contributed by atoms with van der Waals surface area (Å²) in [6.07, 6.45) is 93.0. The minimum Gasteiger partial charge on any atom is -0.0533 e. The van der Waals surface area contributed by atoms with Crippen LogP contribution in [0.15, 0.2) is 0 Å². The summed E-state index contributed by atoms with van der Waals surface area (Å²) in [5, 5.41) is 0. The predicted molar refractivity (Wildman–Crippen MR) is 286 cm³/mol. The molecule has 0 amide bonds. The van der Waals surface area contributed by atoms with E-state index in [0.717, 1.165) is 0 Å². The van der Waals surface area contributed by atoms with Gasteiger partial charge in [-0.1, -0.05) is 398 Å². The standard InChI is InChI=1S/C26H52.C16H32.C12H24.C8H16/c1-2-4-6-8-10-12-14-16-18-20-22-24-26-25-23-21-19-17-15-13-11-9-7-5-3-1;1-2-4-6-8-10-12-14-16-15-13-11-9-7-5-3-1;1-2-4-6-8-10-12-11-9-7-5-3-1;1-2-4-6-8-7-5-3-1/h1-26H2;1-16H2;1-12H2;1-8H2. The molecule has 0 aromatic carbocycles. The molecular weight excluding hydrogens is 745 g/mol. The Morgan fingerprint density at radius 1 is 0.0323 bits per heavy atom. The minimum absolute atomic E-state index is 1.50. The van der Waals surface area contributed by atoms with Gasteiger partial charge < -0.3 is 0 Å². The fourth-order valence-electron chi connectivity index (χ4n) is 11.0. The van der Waals surface area contributed by atoms with Crippen molar-refractivity contribution in [3.63, 3.8) is 0 Å². The molecule has 4 saturated carbocycles. The number of hydrogen-bond donors (Lipinski definition) is 0. The van der Waals surface area contributed by atoms with Crippen LogP contribution in [0, 0.1) is 0 Å². The van der Waals surface area contributed by atoms with Crippen molar-refractivity contribution in [1.29, 1.82) is 0 Å². The zero-order valence-electron chi connectivity index (χ0n) is 43.8. The van der Waals surface area contributed by atoms with E-state index in [1.165, 1.54) is 398 Å². The van der Waals surface area contributed by atoms with Crippen LogP contribution in [-0.4, -0.2) is 0 Å². The predicted octanol–water partition coefficient (Wildman–Crippen LogP) is 24.2. The van der Waals surface area contributed by atoms with Crippen LogP contribution >= 0.6 is 0 Å². The molecule has 0 radical (unpaired) electrons. The fraction of sp³-hybridized carbons (Fsp3) is 1.00. The van der Waals surface area contributed by atoms with Crippen LogP contribution < -0.4 is 0 Å². The van der Waals surface area contributed by atoms with Gasteiger partial charge in [0.15, 0.2) is 0 Å². The first-order valence-electron chi connectivity index (χ1n) is 31.0. The molecule has 0 nitrogen and oxygen atoms in total. The summed E-state index contributed by atoms with van der Waals surface area (Å²) in [5.74, 6) is 0. The van der Waals surface area contributed by atoms with Crippen LogP contribution in [0.5, 0.6) is 0 Å². The first-order valence-corrected chi connectivity index (χ1v) is 31.0. The van der Waals surface area contributed by atoms with E-state index in [-0.39, 0.29) is 0 Å². The van der Waals surface area contributed by atoms with Gasteiger partial charge in [0.25, 0.3) is 0 Å². The smallest absolute Gasteiger partial charge is 0.0533 e. The molecule has 4 aliphatic rings. The Morgan fingerprint density at radius 3 is 0.0645 bits per heavy atom. The summed E-state index contributed by atoms with van der Waals surface area (Å²) in [6.45, 7) is 0. The third-order valence-electron chi connectivity index (χ3n) is 15.5. The van der Waals surface area contributed by atoms with Gasteiger partial charge in [-0.2, -0.15) is 0 Å². The second-order valence-corrected chi connectivity index (χ2v) is 21.9. The van der Waals surface area contributed by atoms with Gasteiger partial charge in [0.05, 0.1) is 0 Å². The quantitative estimate of drug-likeness (QED) is 0.228. The first-order chi connectivity index (χ1) is 31.0. The molecule has 0 bridgehead atoms. The third-order valence-corrected chi connectivity index (χ3v) is 15.5. The molecule has 0 aromatic rings. The lowest BCUT2D eigenvalue weighted by Gasteiger charge is -2.05. The van der Waals surface area contributed by atoms with E-state index in [2.05, 4.69) is 0 Å². The highest BCUT2D eigenvalue weighted by Crippen LogP contribution is 2.20. The highest BCUT2D eigenvalue weighted by molar-refractivity contribution is 4.56. The van der Waals surface area contributed by atoms with E-state index < -0.39 is 0 Å². The average molecular weight is 870 g/mol. The van der Waals surface area contributed by atoms with Crippen LogP contribution in [0.1, 0.15) is 398 Å². The molecule has 4 aliphatic carbocycles. The molecule has 372 valence electrons. The Kier molecular flexibility index (Phi) is 55.3. The van der Waals surface area contributed by atoms with E-state index >= 15 is 0 Å². The lowest BCUT2D eigenvalue weighted by molar-refractivity contribution is 0.504. The van der Waals surface area contributed by atoms with Crippen LogP contribution in [0.3, 0.4) is 0 Å². The van der Waals surface area contributed by atoms with Crippen molar-refractivity contribution in [3.05, 3.63) is 0 Å². The maximum Gasteiger partial charge on any atom is -0.0533 e. The Balaban J connectivity index is 0.000000452. The second-order valence-electron chi connectivity index (χ2n) is 21.9. The van der Waals surface area contributed by atoms with Crippen LogP contribution in [0.4, 0.5) is 0 Å². The van der Waals surface area contributed by atoms with Crippen molar-refractivity contribution >= 4 is 0 Å². The van der Waals surface area contributed by atoms with Crippen LogP contribution in [-0.2, 0) is 0 Å². The van der Waals surface area contributed by atoms with E-state index in [4.69, 9.17) is 0 Å². The molecular formula is C62H124. The molecule has 0 heteroatoms. The van der Waals surface area contributed by atoms with E-state index in [9.17, 15) is 0 Å². The van der Waals surface area contributed by atoms with Gasteiger partial charge in [-0.05, 0) is 0 Å². The zero-order valence-corrected chi connectivity index (χ0v) is 43.8. The lowest BCUT2D eigenvalue weighted by Crippen LogP contribution is -1.85. The highest BCUT2D eigenvalue weighted by atomic mass is 14.1. The van der Waals surface area contributed by atoms with Gasteiger partial charge in [0.2, 0.25) is 0 Å². The average Bonchev–Trinajstić information content (AvgIpc) is 3.26. The maximum absolute atomic E-state index is 1.50. The maximum atomic E-state index is 1.50. The summed E-state index contributed by atoms with van der Waals surface area (Å²) in [5.41, 5.74) is 0. The number of rotatable bonds is 0. The van der Waals surface area contributed by atoms with Gasteiger partial charge >= 0.3 is 0 Å². The Morgan fingerprint density at radius 2 is 0.0484 bits per heavy atom. The van der Waals surface area contributed by atoms with E-state index in [0.29, 0.717) is 0 Å². The van der Waals surface area contributed by atoms with Crippen molar-refractivity contribution in [3.8, 4) is 0 Å². The molecule has 62 heavy (non-hydrogen) atoms. The second kappa shape index (κ2) is 57.1. The van der Waals surface area contributed by atoms with E-state index in [1.807, 2.05) is 0 Å². The normalized spacial score (nSPS) is 24.0. The third kappa shape index (κ3) is 54.3. The van der Waals surface area contributed by atoms with Crippen LogP contribution in [0.25, 0.3) is 0 Å². The molecule has 4 fully saturated rings.